The van der Waals surface area contributed by atoms with Gasteiger partial charge in [-0.15, -0.1) is 0 Å². The average Bonchev–Trinajstić information content (AvgIpc) is 3.61. The number of nitrogens with one attached hydrogen (secondary N) is 1. The molecule has 3 unspecified atom stereocenters. The number of carbonyl (C=O) groups is 1. The fraction of sp³-hybridized carbons (Fsp3) is 0.667. The van der Waals surface area contributed by atoms with Gasteiger partial charge in [0, 0.05) is 82.6 Å². The summed E-state index contributed by atoms with van der Waals surface area (Å²) in [6.07, 6.45) is 2.10. The molecule has 9 nitrogen and oxygen atoms in total. The van der Waals surface area contributed by atoms with Gasteiger partial charge in [-0.05, 0) is 30.9 Å². The van der Waals surface area contributed by atoms with E-state index in [0.717, 1.165) is 24.5 Å². The molecule has 212 valence electrons. The lowest BCUT2D eigenvalue weighted by molar-refractivity contribution is -0.139. The Morgan fingerprint density at radius 2 is 2.08 bits per heavy atom. The SMILES string of the molecule is COC1COCCC1N[C@@H]1C[C@H]2OC(c3nccn3C)C[C@H]2[C@@H]1C(=O)N1CCc2ncc(C(F)(F)F)cc2C1. The van der Waals surface area contributed by atoms with E-state index in [4.69, 9.17) is 14.2 Å². The molecule has 5 heterocycles. The second kappa shape index (κ2) is 10.5. The van der Waals surface area contributed by atoms with Crippen LogP contribution < -0.4 is 5.32 Å². The Morgan fingerprint density at radius 3 is 2.82 bits per heavy atom. The predicted molar refractivity (Wildman–Crippen MR) is 132 cm³/mol. The van der Waals surface area contributed by atoms with Crippen LogP contribution in [-0.2, 0) is 45.2 Å². The quantitative estimate of drug-likeness (QED) is 0.613. The fourth-order valence-electron chi connectivity index (χ4n) is 6.84. The van der Waals surface area contributed by atoms with E-state index in [2.05, 4.69) is 15.3 Å². The molecule has 2 aromatic rings. The molecule has 1 aliphatic carbocycles. The monoisotopic (exact) mass is 549 g/mol. The van der Waals surface area contributed by atoms with Crippen molar-refractivity contribution in [2.24, 2.45) is 18.9 Å². The van der Waals surface area contributed by atoms with Crippen molar-refractivity contribution in [1.82, 2.24) is 24.8 Å². The maximum atomic E-state index is 14.2. The van der Waals surface area contributed by atoms with Crippen LogP contribution in [0.25, 0.3) is 0 Å². The van der Waals surface area contributed by atoms with Gasteiger partial charge in [-0.3, -0.25) is 9.78 Å². The van der Waals surface area contributed by atoms with Gasteiger partial charge in [0.25, 0.3) is 0 Å². The highest BCUT2D eigenvalue weighted by atomic mass is 19.4. The summed E-state index contributed by atoms with van der Waals surface area (Å²) < 4.78 is 59.7. The molecular formula is C27H34F3N5O4. The smallest absolute Gasteiger partial charge is 0.379 e. The van der Waals surface area contributed by atoms with Crippen molar-refractivity contribution in [3.05, 3.63) is 47.3 Å². The summed E-state index contributed by atoms with van der Waals surface area (Å²) in [4.78, 5) is 24.4. The van der Waals surface area contributed by atoms with E-state index >= 15 is 0 Å². The molecule has 0 aromatic carbocycles. The zero-order valence-electron chi connectivity index (χ0n) is 22.1. The number of methoxy groups -OCH3 is 1. The van der Waals surface area contributed by atoms with Crippen molar-refractivity contribution in [3.63, 3.8) is 0 Å². The lowest BCUT2D eigenvalue weighted by Crippen LogP contribution is -2.55. The first-order chi connectivity index (χ1) is 18.7. The average molecular weight is 550 g/mol. The normalized spacial score (nSPS) is 32.7. The lowest BCUT2D eigenvalue weighted by Gasteiger charge is -2.37. The molecule has 2 saturated heterocycles. The standard InChI is InChI=1S/C27H34F3N5O4/c1-34-7-5-31-25(34)22-10-17-21(39-22)11-20(33-19-4-8-38-14-23(19)37-2)24(17)26(36)35-6-3-18-15(13-35)9-16(12-32-18)27(28,29)30/h5,7,9,12,17,19-24,33H,3-4,6,8,10-11,13-14H2,1-2H3/t17-,19?,20-,21-,22?,23?,24+/m1/s1. The first-order valence-electron chi connectivity index (χ1n) is 13.6. The number of fused-ring (bicyclic) bond motifs is 2. The molecular weight excluding hydrogens is 515 g/mol. The molecule has 12 heteroatoms. The van der Waals surface area contributed by atoms with Gasteiger partial charge in [-0.1, -0.05) is 0 Å². The third-order valence-corrected chi connectivity index (χ3v) is 8.83. The zero-order valence-corrected chi connectivity index (χ0v) is 22.1. The van der Waals surface area contributed by atoms with Crippen LogP contribution >= 0.6 is 0 Å². The number of hydrogen-bond donors (Lipinski definition) is 1. The van der Waals surface area contributed by atoms with Gasteiger partial charge in [0.1, 0.15) is 11.9 Å². The molecule has 1 amide bonds. The minimum absolute atomic E-state index is 0.0291. The van der Waals surface area contributed by atoms with Crippen LogP contribution in [-0.4, -0.2) is 76.5 Å². The third-order valence-electron chi connectivity index (χ3n) is 8.83. The predicted octanol–water partition coefficient (Wildman–Crippen LogP) is 2.65. The number of hydrogen-bond acceptors (Lipinski definition) is 7. The summed E-state index contributed by atoms with van der Waals surface area (Å²) in [6.45, 7) is 1.65. The van der Waals surface area contributed by atoms with E-state index in [1.807, 2.05) is 17.8 Å². The van der Waals surface area contributed by atoms with Crippen LogP contribution in [0.5, 0.6) is 0 Å². The second-order valence-electron chi connectivity index (χ2n) is 11.1. The van der Waals surface area contributed by atoms with Crippen molar-refractivity contribution in [2.45, 2.75) is 68.8 Å². The number of aromatic nitrogens is 3. The Morgan fingerprint density at radius 1 is 1.23 bits per heavy atom. The van der Waals surface area contributed by atoms with Crippen LogP contribution in [0.3, 0.4) is 0 Å². The molecule has 2 aromatic heterocycles. The summed E-state index contributed by atoms with van der Waals surface area (Å²) in [7, 11) is 3.59. The number of alkyl halides is 3. The van der Waals surface area contributed by atoms with Crippen LogP contribution in [0, 0.1) is 11.8 Å². The maximum absolute atomic E-state index is 14.2. The number of amides is 1. The Hall–Kier alpha value is -2.54. The lowest BCUT2D eigenvalue weighted by atomic mass is 9.87. The summed E-state index contributed by atoms with van der Waals surface area (Å²) in [6, 6.07) is 1.03. The van der Waals surface area contributed by atoms with Gasteiger partial charge in [0.2, 0.25) is 5.91 Å². The Labute approximate surface area is 225 Å². The highest BCUT2D eigenvalue weighted by Crippen LogP contribution is 2.49. The second-order valence-corrected chi connectivity index (χ2v) is 11.1. The van der Waals surface area contributed by atoms with Crippen molar-refractivity contribution in [2.75, 3.05) is 26.9 Å². The van der Waals surface area contributed by atoms with E-state index in [1.165, 1.54) is 0 Å². The van der Waals surface area contributed by atoms with E-state index in [0.29, 0.717) is 50.3 Å². The zero-order chi connectivity index (χ0) is 27.3. The van der Waals surface area contributed by atoms with E-state index in [9.17, 15) is 18.0 Å². The summed E-state index contributed by atoms with van der Waals surface area (Å²) in [5.41, 5.74) is 0.291. The number of pyridine rings is 1. The highest BCUT2D eigenvalue weighted by Gasteiger charge is 2.55. The molecule has 6 rings (SSSR count). The number of rotatable bonds is 5. The third kappa shape index (κ3) is 5.07. The Balaban J connectivity index is 1.25. The first kappa shape index (κ1) is 26.7. The number of imidazole rings is 1. The number of halogens is 3. The van der Waals surface area contributed by atoms with Crippen LogP contribution in [0.15, 0.2) is 24.7 Å². The van der Waals surface area contributed by atoms with E-state index in [-0.39, 0.29) is 54.7 Å². The number of carbonyl (C=O) groups excluding carboxylic acids is 1. The molecule has 1 N–H and O–H groups in total. The van der Waals surface area contributed by atoms with Crippen molar-refractivity contribution in [3.8, 4) is 0 Å². The van der Waals surface area contributed by atoms with Gasteiger partial charge in [0.15, 0.2) is 0 Å². The minimum atomic E-state index is -4.48. The van der Waals surface area contributed by atoms with E-state index < -0.39 is 11.7 Å². The molecule has 39 heavy (non-hydrogen) atoms. The highest BCUT2D eigenvalue weighted by molar-refractivity contribution is 5.81. The van der Waals surface area contributed by atoms with Gasteiger partial charge >= 0.3 is 6.18 Å². The number of nitrogens with zero attached hydrogens (tertiary/aromatic N) is 4. The van der Waals surface area contributed by atoms with Crippen molar-refractivity contribution < 1.29 is 32.2 Å². The van der Waals surface area contributed by atoms with Crippen LogP contribution in [0.1, 0.15) is 48.0 Å². The summed E-state index contributed by atoms with van der Waals surface area (Å²) >= 11 is 0. The van der Waals surface area contributed by atoms with Crippen molar-refractivity contribution >= 4 is 5.91 Å². The molecule has 1 saturated carbocycles. The van der Waals surface area contributed by atoms with Crippen molar-refractivity contribution in [1.29, 1.82) is 0 Å². The minimum Gasteiger partial charge on any atom is -0.379 e. The Kier molecular flexibility index (Phi) is 7.15. The molecule has 7 atom stereocenters. The summed E-state index contributed by atoms with van der Waals surface area (Å²) in [5.74, 6) is 0.384. The van der Waals surface area contributed by atoms with E-state index in [1.54, 1.807) is 18.2 Å². The van der Waals surface area contributed by atoms with Gasteiger partial charge in [-0.2, -0.15) is 13.2 Å². The largest absolute Gasteiger partial charge is 0.417 e. The molecule has 0 spiro atoms. The molecule has 0 radical (unpaired) electrons. The summed E-state index contributed by atoms with van der Waals surface area (Å²) in [5, 5.41) is 3.71. The fourth-order valence-corrected chi connectivity index (χ4v) is 6.84. The molecule has 3 aliphatic heterocycles. The van der Waals surface area contributed by atoms with Crippen LogP contribution in [0.2, 0.25) is 0 Å². The Bertz CT molecular complexity index is 1210. The van der Waals surface area contributed by atoms with Gasteiger partial charge in [-0.25, -0.2) is 4.98 Å². The van der Waals surface area contributed by atoms with Gasteiger partial charge in [0.05, 0.1) is 30.3 Å². The first-order valence-corrected chi connectivity index (χ1v) is 13.6. The topological polar surface area (TPSA) is 90.7 Å². The number of ether oxygens (including phenoxy) is 3. The molecule has 3 fully saturated rings. The van der Waals surface area contributed by atoms with Gasteiger partial charge < -0.3 is 29.0 Å². The van der Waals surface area contributed by atoms with Crippen LogP contribution in [0.4, 0.5) is 13.2 Å². The molecule has 4 aliphatic rings. The maximum Gasteiger partial charge on any atom is 0.417 e. The number of aryl methyl sites for hydroxylation is 1. The molecule has 0 bridgehead atoms.